The van der Waals surface area contributed by atoms with Crippen LogP contribution in [0.5, 0.6) is 0 Å². The predicted molar refractivity (Wildman–Crippen MR) is 118 cm³/mol. The molecule has 31 heteroatoms. The molecule has 23 nitrogen and oxygen atoms in total. The highest BCUT2D eigenvalue weighted by atomic mass is 31.3. The van der Waals surface area contributed by atoms with Crippen molar-refractivity contribution in [3.63, 3.8) is 0 Å². The van der Waals surface area contributed by atoms with Gasteiger partial charge in [0, 0.05) is 0 Å². The van der Waals surface area contributed by atoms with Gasteiger partial charge in [-0.15, -0.1) is 0 Å². The summed E-state index contributed by atoms with van der Waals surface area (Å²) in [5, 5.41) is -10.7. The maximum absolute atomic E-state index is 12.5. The summed E-state index contributed by atoms with van der Waals surface area (Å²) in [6, 6.07) is 0. The Morgan fingerprint density at radius 1 is 0.459 bits per heavy atom. The average Bonchev–Trinajstić information content (AvgIpc) is 2.44. The molecule has 37 heavy (non-hydrogen) atoms. The molecule has 0 radical (unpaired) electrons. The van der Waals surface area contributed by atoms with E-state index in [4.69, 9.17) is 39.1 Å². The second-order valence-corrected chi connectivity index (χ2v) is 23.2. The van der Waals surface area contributed by atoms with E-state index in [9.17, 15) is 65.9 Å². The van der Waals surface area contributed by atoms with Crippen molar-refractivity contribution in [2.45, 2.75) is 28.3 Å². The van der Waals surface area contributed by atoms with Crippen LogP contribution in [0.15, 0.2) is 0 Å². The van der Waals surface area contributed by atoms with Crippen LogP contribution < -0.4 is 0 Å². The molecule has 0 saturated heterocycles. The van der Waals surface area contributed by atoms with Crippen molar-refractivity contribution in [1.82, 2.24) is 0 Å². The normalized spacial score (nSPS) is 19.9. The van der Waals surface area contributed by atoms with Gasteiger partial charge in [-0.2, -0.15) is 0 Å². The molecule has 0 rings (SSSR count). The van der Waals surface area contributed by atoms with E-state index in [1.165, 1.54) is 0 Å². The summed E-state index contributed by atoms with van der Waals surface area (Å²) in [7, 11) is -50.0. The van der Waals surface area contributed by atoms with Gasteiger partial charge in [-0.1, -0.05) is 0 Å². The smallest absolute Gasteiger partial charge is 0.324 e. The largest absolute Gasteiger partial charge is 0.350 e. The highest BCUT2D eigenvalue weighted by Crippen LogP contribution is 2.75. The van der Waals surface area contributed by atoms with Crippen LogP contribution >= 0.6 is 60.8 Å². The monoisotopic (exact) mass is 710 g/mol. The molecule has 4 atom stereocenters. The first-order valence-corrected chi connectivity index (χ1v) is 21.8. The Kier molecular flexibility index (Phi) is 12.2. The summed E-state index contributed by atoms with van der Waals surface area (Å²) in [5.41, 5.74) is -3.50. The minimum Gasteiger partial charge on any atom is -0.324 e. The number of hydrogen-bond donors (Lipinski definition) is 14. The summed E-state index contributed by atoms with van der Waals surface area (Å²) >= 11 is 0. The first kappa shape index (κ1) is 38.2. The van der Waals surface area contributed by atoms with Crippen LogP contribution in [0.4, 0.5) is 0 Å². The first-order chi connectivity index (χ1) is 15.6. The van der Waals surface area contributed by atoms with Gasteiger partial charge in [0.2, 0.25) is 0 Å². The molecule has 0 saturated carbocycles. The highest BCUT2D eigenvalue weighted by molar-refractivity contribution is 7.77. The molecule has 0 aliphatic carbocycles. The maximum atomic E-state index is 12.5. The molecule has 0 aromatic rings. The molecule has 0 aliphatic rings. The van der Waals surface area contributed by atoms with Crippen molar-refractivity contribution in [1.29, 1.82) is 0 Å². The summed E-state index contributed by atoms with van der Waals surface area (Å²) in [4.78, 5) is 130. The van der Waals surface area contributed by atoms with Crippen LogP contribution in [-0.4, -0.2) is 96.5 Å². The van der Waals surface area contributed by atoms with E-state index < -0.39 is 95.2 Å². The van der Waals surface area contributed by atoms with Gasteiger partial charge in [0.15, 0.2) is 16.2 Å². The van der Waals surface area contributed by atoms with Gasteiger partial charge in [0.25, 0.3) is 0 Å². The first-order valence-electron chi connectivity index (χ1n) is 8.31. The molecule has 0 aliphatic heterocycles. The Morgan fingerprint density at radius 2 is 0.784 bits per heavy atom. The van der Waals surface area contributed by atoms with Gasteiger partial charge in [-0.3, -0.25) is 36.5 Å². The van der Waals surface area contributed by atoms with Crippen LogP contribution in [-0.2, 0) is 40.8 Å². The van der Waals surface area contributed by atoms with Gasteiger partial charge in [-0.25, -0.2) is 4.31 Å². The van der Waals surface area contributed by atoms with Crippen LogP contribution in [0, 0.1) is 0 Å². The lowest BCUT2D eigenvalue weighted by molar-refractivity contribution is 0.306. The fourth-order valence-electron chi connectivity index (χ4n) is 2.65. The van der Waals surface area contributed by atoms with Crippen LogP contribution in [0.3, 0.4) is 0 Å². The van der Waals surface area contributed by atoms with Crippen LogP contribution in [0.2, 0.25) is 0 Å². The fraction of sp³-hybridized carbons (Fsp3) is 1.00. The molecular formula is C6H22O23P8. The van der Waals surface area contributed by atoms with Crippen LogP contribution in [0.25, 0.3) is 0 Å². The van der Waals surface area contributed by atoms with Gasteiger partial charge in [0.1, 0.15) is 0 Å². The molecule has 14 N–H and O–H groups in total. The minimum absolute atomic E-state index is 2.26. The summed E-state index contributed by atoms with van der Waals surface area (Å²) in [5.74, 6) is 0. The van der Waals surface area contributed by atoms with Crippen molar-refractivity contribution in [2.24, 2.45) is 0 Å². The Morgan fingerprint density at radius 3 is 1.03 bits per heavy atom. The zero-order valence-electron chi connectivity index (χ0n) is 17.2. The topological polar surface area (TPSA) is 429 Å². The average molecular weight is 710 g/mol. The lowest BCUT2D eigenvalue weighted by Gasteiger charge is -2.31. The Hall–Kier alpha value is 1.24. The van der Waals surface area contributed by atoms with E-state index in [0.717, 1.165) is 0 Å². The number of hydrogen-bond acceptors (Lipinski definition) is 9. The molecule has 0 aromatic carbocycles. The summed E-state index contributed by atoms with van der Waals surface area (Å²) < 4.78 is 97.6. The quantitative estimate of drug-likeness (QED) is 0.0882. The third-order valence-electron chi connectivity index (χ3n) is 4.09. The maximum Gasteiger partial charge on any atom is 0.350 e. The van der Waals surface area contributed by atoms with Crippen molar-refractivity contribution in [3.05, 3.63) is 0 Å². The second kappa shape index (κ2) is 11.9. The molecule has 0 spiro atoms. The standard InChI is InChI=1S/C6H22O23P8/c7-30(8,2-3(31(9,10)11)6(35(21,22)23)36(24,25)26)29-37(27,28)5(34(18,19)20)1-4(32(12,13)14)33(15,16)17/h3-6H,1-2H2,(H,7,8)(H,27,28)(H2,9,10,11)(H2,12,13,14)(H2,15,16,17)(H2,18,19,20)(H2,21,22,23)(H2,24,25,26). The van der Waals surface area contributed by atoms with E-state index in [2.05, 4.69) is 4.31 Å². The van der Waals surface area contributed by atoms with Gasteiger partial charge >= 0.3 is 60.8 Å². The van der Waals surface area contributed by atoms with Crippen LogP contribution in [0.1, 0.15) is 6.42 Å². The lowest BCUT2D eigenvalue weighted by atomic mass is 10.5. The third kappa shape index (κ3) is 11.9. The van der Waals surface area contributed by atoms with Gasteiger partial charge in [0.05, 0.1) is 11.8 Å². The zero-order valence-corrected chi connectivity index (χ0v) is 24.4. The SMILES string of the molecule is O=P(O)(CC(C(P(=O)(O)O)P(=O)(O)O)P(=O)(O)O)OP(=O)(O)C(CC(P(=O)(O)O)P(=O)(O)O)P(=O)(O)O. The minimum atomic E-state index is -6.56. The molecular weight excluding hydrogens is 688 g/mol. The van der Waals surface area contributed by atoms with Crippen molar-refractivity contribution in [2.75, 3.05) is 6.16 Å². The predicted octanol–water partition coefficient (Wildman–Crippen LogP) is -1.82. The molecule has 0 heterocycles. The van der Waals surface area contributed by atoms with E-state index in [0.29, 0.717) is 0 Å². The Labute approximate surface area is 205 Å². The van der Waals surface area contributed by atoms with E-state index in [1.807, 2.05) is 0 Å². The van der Waals surface area contributed by atoms with E-state index in [1.54, 1.807) is 0 Å². The molecule has 0 amide bonds. The molecule has 4 unspecified atom stereocenters. The van der Waals surface area contributed by atoms with Crippen molar-refractivity contribution in [3.8, 4) is 0 Å². The molecule has 0 fully saturated rings. The summed E-state index contributed by atoms with van der Waals surface area (Å²) in [6.45, 7) is 0. The summed E-state index contributed by atoms with van der Waals surface area (Å²) in [6.07, 6.45) is -4.72. The molecule has 224 valence electrons. The van der Waals surface area contributed by atoms with Gasteiger partial charge in [-0.05, 0) is 6.42 Å². The Bertz CT molecular complexity index is 1170. The Balaban J connectivity index is 6.68. The second-order valence-electron chi connectivity index (χ2n) is 7.18. The van der Waals surface area contributed by atoms with E-state index >= 15 is 0 Å². The van der Waals surface area contributed by atoms with Crippen molar-refractivity contribution >= 4 is 60.8 Å². The molecule has 0 aromatic heterocycles. The van der Waals surface area contributed by atoms with Crippen molar-refractivity contribution < 1.29 is 109 Å². The number of rotatable bonds is 14. The molecule has 0 bridgehead atoms. The lowest BCUT2D eigenvalue weighted by Crippen LogP contribution is -2.30. The third-order valence-corrected chi connectivity index (χ3v) is 20.4. The van der Waals surface area contributed by atoms with Gasteiger partial charge < -0.3 is 68.5 Å². The highest BCUT2D eigenvalue weighted by Gasteiger charge is 2.59. The fourth-order valence-corrected chi connectivity index (χ4v) is 18.5. The van der Waals surface area contributed by atoms with E-state index in [-0.39, 0.29) is 0 Å². The zero-order chi connectivity index (χ0) is 30.4.